The van der Waals surface area contributed by atoms with E-state index in [2.05, 4.69) is 4.90 Å². The molecule has 1 aliphatic heterocycles. The van der Waals surface area contributed by atoms with Crippen LogP contribution in [0.25, 0.3) is 0 Å². The minimum Gasteiger partial charge on any atom is -0.537 e. The number of halogens is 2. The largest absolute Gasteiger partial charge is 0.569 e. The first-order chi connectivity index (χ1) is 11.6. The summed E-state index contributed by atoms with van der Waals surface area (Å²) in [6.45, 7) is 3.03. The molecule has 24 heavy (non-hydrogen) atoms. The van der Waals surface area contributed by atoms with Crippen molar-refractivity contribution >= 4 is 30.9 Å². The van der Waals surface area contributed by atoms with Gasteiger partial charge in [-0.25, -0.2) is 0 Å². The number of likely N-dealkylation sites (tertiary alicyclic amines) is 1. The number of rotatable bonds is 5. The Morgan fingerprint density at radius 3 is 2.25 bits per heavy atom. The van der Waals surface area contributed by atoms with Gasteiger partial charge in [0.2, 0.25) is 0 Å². The molecule has 125 valence electrons. The maximum absolute atomic E-state index is 8.63. The Morgan fingerprint density at radius 2 is 1.67 bits per heavy atom. The molecule has 2 aromatic rings. The van der Waals surface area contributed by atoms with Crippen LogP contribution in [-0.2, 0) is 6.54 Å². The van der Waals surface area contributed by atoms with E-state index in [1.54, 1.807) is 6.07 Å². The molecule has 0 spiro atoms. The molecule has 1 aliphatic rings. The fourth-order valence-corrected chi connectivity index (χ4v) is 3.77. The predicted molar refractivity (Wildman–Crippen MR) is 98.8 cm³/mol. The first-order valence-corrected chi connectivity index (χ1v) is 8.79. The molecule has 1 saturated heterocycles. The monoisotopic (exact) mass is 362 g/mol. The molecule has 0 aliphatic carbocycles. The molecule has 3 nitrogen and oxygen atoms in total. The smallest absolute Gasteiger partial charge is 0.537 e. The van der Waals surface area contributed by atoms with Crippen molar-refractivity contribution in [3.8, 4) is 5.75 Å². The lowest BCUT2D eigenvalue weighted by Crippen LogP contribution is -2.32. The molecule has 0 saturated carbocycles. The van der Waals surface area contributed by atoms with Crippen molar-refractivity contribution in [3.05, 3.63) is 63.6 Å². The molecule has 0 bridgehead atoms. The Morgan fingerprint density at radius 1 is 1.04 bits per heavy atom. The van der Waals surface area contributed by atoms with E-state index in [9.17, 15) is 0 Å². The summed E-state index contributed by atoms with van der Waals surface area (Å²) in [7, 11) is 0.696. The van der Waals surface area contributed by atoms with E-state index >= 15 is 0 Å². The van der Waals surface area contributed by atoms with Gasteiger partial charge < -0.3 is 9.68 Å². The minimum atomic E-state index is 0.522. The highest BCUT2D eigenvalue weighted by Crippen LogP contribution is 2.32. The number of benzene rings is 2. The van der Waals surface area contributed by atoms with Crippen LogP contribution in [0.2, 0.25) is 10.0 Å². The topological polar surface area (TPSA) is 32.7 Å². The molecular weight excluding hydrogens is 344 g/mol. The van der Waals surface area contributed by atoms with E-state index in [4.69, 9.17) is 32.9 Å². The van der Waals surface area contributed by atoms with Gasteiger partial charge in [-0.1, -0.05) is 35.3 Å². The highest BCUT2D eigenvalue weighted by atomic mass is 35.5. The lowest BCUT2D eigenvalue weighted by Gasteiger charge is -2.32. The standard InChI is InChI=1S/C18H19BCl2NO2/c20-16-9-15(10-17(21)11-16)14-5-7-22(8-6-14)12-13-1-3-18(4-2-13)24-19-23/h1-4,9-11,14,23H,5-8,12H2. The van der Waals surface area contributed by atoms with Gasteiger partial charge in [-0.3, -0.25) is 4.90 Å². The zero-order valence-corrected chi connectivity index (χ0v) is 14.8. The summed E-state index contributed by atoms with van der Waals surface area (Å²) in [6.07, 6.45) is 2.22. The fourth-order valence-electron chi connectivity index (χ4n) is 3.23. The summed E-state index contributed by atoms with van der Waals surface area (Å²) in [5, 5.41) is 10.1. The molecule has 0 atom stereocenters. The van der Waals surface area contributed by atoms with Gasteiger partial charge in [-0.05, 0) is 73.3 Å². The first-order valence-electron chi connectivity index (χ1n) is 8.04. The second-order valence-corrected chi connectivity index (χ2v) is 6.99. The van der Waals surface area contributed by atoms with Gasteiger partial charge in [0.05, 0.1) is 5.75 Å². The minimum absolute atomic E-state index is 0.522. The van der Waals surface area contributed by atoms with Crippen molar-refractivity contribution < 1.29 is 9.68 Å². The highest BCUT2D eigenvalue weighted by Gasteiger charge is 2.21. The van der Waals surface area contributed by atoms with Crippen LogP contribution in [-0.4, -0.2) is 30.7 Å². The molecule has 3 rings (SSSR count). The lowest BCUT2D eigenvalue weighted by molar-refractivity contribution is 0.204. The van der Waals surface area contributed by atoms with Crippen molar-refractivity contribution in [2.24, 2.45) is 0 Å². The lowest BCUT2D eigenvalue weighted by atomic mass is 9.89. The highest BCUT2D eigenvalue weighted by molar-refractivity contribution is 6.34. The van der Waals surface area contributed by atoms with E-state index in [1.165, 1.54) is 11.1 Å². The molecular formula is C18H19BCl2NO2. The van der Waals surface area contributed by atoms with Gasteiger partial charge >= 0.3 is 7.69 Å². The number of piperidine rings is 1. The quantitative estimate of drug-likeness (QED) is 0.806. The Kier molecular flexibility index (Phi) is 6.06. The molecule has 2 aromatic carbocycles. The first kappa shape index (κ1) is 17.6. The Balaban J connectivity index is 1.55. The SMILES string of the molecule is O[B]Oc1ccc(CN2CCC(c3cc(Cl)cc(Cl)c3)CC2)cc1. The van der Waals surface area contributed by atoms with Gasteiger partial charge in [0.25, 0.3) is 0 Å². The van der Waals surface area contributed by atoms with E-state index in [0.717, 1.165) is 32.5 Å². The van der Waals surface area contributed by atoms with Crippen LogP contribution in [0.4, 0.5) is 0 Å². The predicted octanol–water partition coefficient (Wildman–Crippen LogP) is 4.28. The molecule has 1 N–H and O–H groups in total. The van der Waals surface area contributed by atoms with Crippen molar-refractivity contribution in [2.75, 3.05) is 13.1 Å². The number of hydrogen-bond donors (Lipinski definition) is 1. The van der Waals surface area contributed by atoms with Crippen LogP contribution in [0.3, 0.4) is 0 Å². The summed E-state index contributed by atoms with van der Waals surface area (Å²) < 4.78 is 4.93. The molecule has 1 heterocycles. The molecule has 6 heteroatoms. The second-order valence-electron chi connectivity index (χ2n) is 6.12. The van der Waals surface area contributed by atoms with E-state index in [-0.39, 0.29) is 0 Å². The van der Waals surface area contributed by atoms with E-state index in [1.807, 2.05) is 36.4 Å². The third-order valence-corrected chi connectivity index (χ3v) is 4.90. The average Bonchev–Trinajstić information content (AvgIpc) is 2.57. The van der Waals surface area contributed by atoms with E-state index < -0.39 is 0 Å². The maximum Gasteiger partial charge on any atom is 0.569 e. The number of nitrogens with zero attached hydrogens (tertiary/aromatic N) is 1. The zero-order valence-electron chi connectivity index (χ0n) is 13.3. The molecule has 0 aromatic heterocycles. The van der Waals surface area contributed by atoms with Gasteiger partial charge in [-0.2, -0.15) is 0 Å². The van der Waals surface area contributed by atoms with Crippen LogP contribution in [0.15, 0.2) is 42.5 Å². The molecule has 0 unspecified atom stereocenters. The molecule has 1 fully saturated rings. The van der Waals surface area contributed by atoms with Crippen LogP contribution in [0, 0.1) is 0 Å². The molecule has 0 amide bonds. The maximum atomic E-state index is 8.63. The van der Waals surface area contributed by atoms with Crippen molar-refractivity contribution in [1.29, 1.82) is 0 Å². The van der Waals surface area contributed by atoms with Gasteiger partial charge in [-0.15, -0.1) is 0 Å². The van der Waals surface area contributed by atoms with Crippen LogP contribution < -0.4 is 4.65 Å². The van der Waals surface area contributed by atoms with Crippen molar-refractivity contribution in [1.82, 2.24) is 4.90 Å². The van der Waals surface area contributed by atoms with Crippen molar-refractivity contribution in [3.63, 3.8) is 0 Å². The Bertz CT molecular complexity index is 653. The van der Waals surface area contributed by atoms with Crippen LogP contribution in [0.5, 0.6) is 5.75 Å². The van der Waals surface area contributed by atoms with E-state index in [0.29, 0.717) is 29.4 Å². The summed E-state index contributed by atoms with van der Waals surface area (Å²) in [5.41, 5.74) is 2.48. The zero-order chi connectivity index (χ0) is 16.9. The normalized spacial score (nSPS) is 16.1. The van der Waals surface area contributed by atoms with Gasteiger partial charge in [0, 0.05) is 16.6 Å². The average molecular weight is 363 g/mol. The molecule has 1 radical (unpaired) electrons. The third-order valence-electron chi connectivity index (χ3n) is 4.46. The third kappa shape index (κ3) is 4.67. The summed E-state index contributed by atoms with van der Waals surface area (Å²) >= 11 is 12.2. The Labute approximate surface area is 153 Å². The number of hydrogen-bond acceptors (Lipinski definition) is 3. The second kappa shape index (κ2) is 8.26. The van der Waals surface area contributed by atoms with Crippen LogP contribution >= 0.6 is 23.2 Å². The fraction of sp³-hybridized carbons (Fsp3) is 0.333. The summed E-state index contributed by atoms with van der Waals surface area (Å²) in [4.78, 5) is 2.46. The summed E-state index contributed by atoms with van der Waals surface area (Å²) in [5.74, 6) is 1.16. The van der Waals surface area contributed by atoms with Crippen molar-refractivity contribution in [2.45, 2.75) is 25.3 Å². The van der Waals surface area contributed by atoms with Crippen LogP contribution in [0.1, 0.15) is 29.9 Å². The van der Waals surface area contributed by atoms with Gasteiger partial charge in [0.1, 0.15) is 0 Å². The Hall–Kier alpha value is -1.20. The van der Waals surface area contributed by atoms with Gasteiger partial charge in [0.15, 0.2) is 0 Å². The summed E-state index contributed by atoms with van der Waals surface area (Å²) in [6, 6.07) is 13.6.